The van der Waals surface area contributed by atoms with Gasteiger partial charge in [0.1, 0.15) is 23.0 Å². The molecule has 2 aromatic carbocycles. The molecule has 2 heterocycles. The summed E-state index contributed by atoms with van der Waals surface area (Å²) in [7, 11) is 0. The summed E-state index contributed by atoms with van der Waals surface area (Å²) in [6.45, 7) is 0. The van der Waals surface area contributed by atoms with Gasteiger partial charge in [0, 0.05) is 12.1 Å². The van der Waals surface area contributed by atoms with Crippen LogP contribution in [0.3, 0.4) is 0 Å². The van der Waals surface area contributed by atoms with E-state index in [0.717, 1.165) is 0 Å². The zero-order valence-corrected chi connectivity index (χ0v) is 17.4. The summed E-state index contributed by atoms with van der Waals surface area (Å²) in [5, 5.41) is 2.48. The fourth-order valence-corrected chi connectivity index (χ4v) is 3.57. The monoisotopic (exact) mass is 507 g/mol. The molecule has 0 bridgehead atoms. The van der Waals surface area contributed by atoms with Crippen LogP contribution in [0.25, 0.3) is 16.7 Å². The molecule has 2 N–H and O–H groups in total. The average Bonchev–Trinajstić information content (AvgIpc) is 3.02. The summed E-state index contributed by atoms with van der Waals surface area (Å²) in [5.74, 6) is -2.08. The molecule has 4 rings (SSSR count). The number of para-hydroxylation sites is 1. The third kappa shape index (κ3) is 4.35. The van der Waals surface area contributed by atoms with Crippen LogP contribution in [0.5, 0.6) is 11.5 Å². The molecule has 0 radical (unpaired) electrons. The van der Waals surface area contributed by atoms with Gasteiger partial charge in [0.2, 0.25) is 5.82 Å². The van der Waals surface area contributed by atoms with E-state index in [9.17, 15) is 26.3 Å². The van der Waals surface area contributed by atoms with Crippen LogP contribution in [-0.2, 0) is 12.4 Å². The molecule has 0 amide bonds. The predicted molar refractivity (Wildman–Crippen MR) is 108 cm³/mol. The van der Waals surface area contributed by atoms with Gasteiger partial charge in [-0.2, -0.15) is 26.3 Å². The Balaban J connectivity index is 1.89. The van der Waals surface area contributed by atoms with Gasteiger partial charge in [-0.05, 0) is 12.1 Å². The third-order valence-electron chi connectivity index (χ3n) is 4.27. The third-order valence-corrected chi connectivity index (χ3v) is 4.85. The van der Waals surface area contributed by atoms with Crippen molar-refractivity contribution in [2.24, 2.45) is 0 Å². The molecule has 0 spiro atoms. The average molecular weight is 508 g/mol. The number of hydrogen-bond donors (Lipinski definition) is 1. The number of benzene rings is 2. The number of nitrogens with zero attached hydrogens (tertiary/aromatic N) is 4. The minimum absolute atomic E-state index is 0.148. The number of rotatable bonds is 3. The first kappa shape index (κ1) is 22.9. The van der Waals surface area contributed by atoms with Crippen molar-refractivity contribution < 1.29 is 31.1 Å². The molecular weight excluding hydrogens is 499 g/mol. The summed E-state index contributed by atoms with van der Waals surface area (Å²) in [6.07, 6.45) is -10.5. The number of ether oxygens (including phenoxy) is 1. The number of anilines is 1. The van der Waals surface area contributed by atoms with E-state index in [1.54, 1.807) is 30.3 Å². The van der Waals surface area contributed by atoms with Gasteiger partial charge in [-0.3, -0.25) is 0 Å². The second-order valence-electron chi connectivity index (χ2n) is 6.54. The van der Waals surface area contributed by atoms with Gasteiger partial charge in [-0.1, -0.05) is 41.4 Å². The van der Waals surface area contributed by atoms with Gasteiger partial charge in [0.15, 0.2) is 11.3 Å². The quantitative estimate of drug-likeness (QED) is 0.318. The molecule has 0 saturated heterocycles. The molecule has 4 aromatic rings. The maximum atomic E-state index is 13.5. The van der Waals surface area contributed by atoms with Crippen molar-refractivity contribution in [1.29, 1.82) is 0 Å². The lowest BCUT2D eigenvalue weighted by molar-refractivity contribution is -0.151. The zero-order chi connectivity index (χ0) is 24.1. The van der Waals surface area contributed by atoms with Crippen molar-refractivity contribution in [1.82, 2.24) is 19.7 Å². The Morgan fingerprint density at radius 3 is 2.00 bits per heavy atom. The van der Waals surface area contributed by atoms with Crippen LogP contribution in [0.4, 0.5) is 32.2 Å². The molecule has 0 unspecified atom stereocenters. The molecule has 2 aromatic heterocycles. The van der Waals surface area contributed by atoms with Crippen molar-refractivity contribution >= 4 is 40.1 Å². The summed E-state index contributed by atoms with van der Waals surface area (Å²) in [5.41, 5.74) is 2.81. The minimum Gasteiger partial charge on any atom is -0.457 e. The highest BCUT2D eigenvalue weighted by Gasteiger charge is 2.43. The molecule has 0 atom stereocenters. The Labute approximate surface area is 190 Å². The first-order valence-corrected chi connectivity index (χ1v) is 9.55. The number of fused-ring (bicyclic) bond motifs is 1. The van der Waals surface area contributed by atoms with Gasteiger partial charge >= 0.3 is 12.4 Å². The van der Waals surface area contributed by atoms with E-state index in [-0.39, 0.29) is 21.5 Å². The molecule has 172 valence electrons. The van der Waals surface area contributed by atoms with Crippen molar-refractivity contribution in [2.75, 3.05) is 5.73 Å². The number of hydrogen-bond acceptors (Lipinski definition) is 5. The fourth-order valence-electron chi connectivity index (χ4n) is 2.94. The largest absolute Gasteiger partial charge is 0.457 e. The van der Waals surface area contributed by atoms with Crippen molar-refractivity contribution in [3.63, 3.8) is 0 Å². The lowest BCUT2D eigenvalue weighted by Crippen LogP contribution is -2.17. The Morgan fingerprint density at radius 1 is 0.848 bits per heavy atom. The number of halogens is 8. The van der Waals surface area contributed by atoms with Crippen LogP contribution in [0.2, 0.25) is 10.0 Å². The van der Waals surface area contributed by atoms with E-state index in [1.807, 2.05) is 0 Å². The van der Waals surface area contributed by atoms with Gasteiger partial charge in [0.05, 0.1) is 15.4 Å². The topological polar surface area (TPSA) is 78.9 Å². The summed E-state index contributed by atoms with van der Waals surface area (Å²) in [4.78, 5) is 5.74. The molecule has 0 aliphatic carbocycles. The number of nitrogen functional groups attached to an aromatic ring is 1. The number of nitrogens with two attached hydrogens (primary N) is 1. The van der Waals surface area contributed by atoms with Crippen LogP contribution in [0.1, 0.15) is 11.5 Å². The smallest absolute Gasteiger partial charge is 0.451 e. The Hall–Kier alpha value is -3.25. The second kappa shape index (κ2) is 7.96. The lowest BCUT2D eigenvalue weighted by Gasteiger charge is -2.12. The highest BCUT2D eigenvalue weighted by Crippen LogP contribution is 2.41. The van der Waals surface area contributed by atoms with Crippen molar-refractivity contribution in [3.8, 4) is 17.2 Å². The van der Waals surface area contributed by atoms with Gasteiger partial charge < -0.3 is 10.5 Å². The van der Waals surface area contributed by atoms with E-state index < -0.39 is 40.7 Å². The second-order valence-corrected chi connectivity index (χ2v) is 7.35. The molecule has 14 heteroatoms. The molecule has 6 nitrogen and oxygen atoms in total. The maximum Gasteiger partial charge on any atom is 0.451 e. The normalized spacial score (nSPS) is 12.4. The van der Waals surface area contributed by atoms with Crippen LogP contribution in [-0.4, -0.2) is 19.7 Å². The summed E-state index contributed by atoms with van der Waals surface area (Å²) < 4.78 is 85.9. The highest BCUT2D eigenvalue weighted by atomic mass is 35.5. The van der Waals surface area contributed by atoms with Crippen molar-refractivity contribution in [2.45, 2.75) is 12.4 Å². The molecule has 0 aliphatic rings. The molecule has 0 saturated carbocycles. The van der Waals surface area contributed by atoms with E-state index >= 15 is 0 Å². The fraction of sp³-hybridized carbons (Fsp3) is 0.105. The first-order chi connectivity index (χ1) is 15.4. The van der Waals surface area contributed by atoms with Crippen LogP contribution >= 0.6 is 23.2 Å². The van der Waals surface area contributed by atoms with Crippen LogP contribution in [0, 0.1) is 0 Å². The number of alkyl halides is 6. The Morgan fingerprint density at radius 2 is 1.45 bits per heavy atom. The highest BCUT2D eigenvalue weighted by molar-refractivity contribution is 6.38. The number of aromatic nitrogens is 4. The van der Waals surface area contributed by atoms with E-state index in [4.69, 9.17) is 33.7 Å². The predicted octanol–water partition coefficient (Wildman–Crippen LogP) is 6.53. The molecule has 0 aliphatic heterocycles. The Bertz CT molecular complexity index is 1330. The SMILES string of the molecule is Nc1c2c(C(F)(F)F)nc(C(F)(F)F)nc2nn1-c1c(Cl)cc(Oc2ccccc2)cc1Cl. The van der Waals surface area contributed by atoms with E-state index in [0.29, 0.717) is 10.4 Å². The van der Waals surface area contributed by atoms with Gasteiger partial charge in [-0.15, -0.1) is 5.10 Å². The van der Waals surface area contributed by atoms with E-state index in [1.165, 1.54) is 12.1 Å². The molecule has 33 heavy (non-hydrogen) atoms. The molecule has 0 fully saturated rings. The summed E-state index contributed by atoms with van der Waals surface area (Å²) >= 11 is 12.5. The standard InChI is InChI=1S/C19H9Cl2F6N5O/c20-10-6-9(33-8-4-2-1-3-5-8)7-11(21)13(10)32-15(28)12-14(18(22,23)24)29-17(19(25,26)27)30-16(12)31-32/h1-7H,28H2. The Kier molecular flexibility index (Phi) is 5.53. The maximum absolute atomic E-state index is 13.5. The summed E-state index contributed by atoms with van der Waals surface area (Å²) in [6, 6.07) is 11.1. The molecular formula is C19H9Cl2F6N5O. The van der Waals surface area contributed by atoms with Crippen LogP contribution in [0.15, 0.2) is 42.5 Å². The van der Waals surface area contributed by atoms with E-state index in [2.05, 4.69) is 15.1 Å². The lowest BCUT2D eigenvalue weighted by atomic mass is 10.2. The first-order valence-electron chi connectivity index (χ1n) is 8.79. The minimum atomic E-state index is -5.27. The van der Waals surface area contributed by atoms with Gasteiger partial charge in [-0.25, -0.2) is 14.6 Å². The zero-order valence-electron chi connectivity index (χ0n) is 15.8. The van der Waals surface area contributed by atoms with Gasteiger partial charge in [0.25, 0.3) is 0 Å². The van der Waals surface area contributed by atoms with Crippen molar-refractivity contribution in [3.05, 3.63) is 64.0 Å². The van der Waals surface area contributed by atoms with Crippen LogP contribution < -0.4 is 10.5 Å².